The van der Waals surface area contributed by atoms with Crippen molar-refractivity contribution >= 4 is 11.8 Å². The topological polar surface area (TPSA) is 76.7 Å². The summed E-state index contributed by atoms with van der Waals surface area (Å²) >= 11 is 0. The number of allylic oxidation sites excluding steroid dienone is 2. The van der Waals surface area contributed by atoms with Crippen molar-refractivity contribution in [2.75, 3.05) is 6.61 Å². The number of esters is 1. The second-order valence-corrected chi connectivity index (χ2v) is 6.10. The van der Waals surface area contributed by atoms with Crippen LogP contribution in [-0.2, 0) is 20.7 Å². The van der Waals surface area contributed by atoms with Gasteiger partial charge in [-0.05, 0) is 38.5 Å². The Balaban J connectivity index is 2.11. The molecule has 1 aromatic rings. The molecule has 1 heterocycles. The minimum atomic E-state index is -1.55. The summed E-state index contributed by atoms with van der Waals surface area (Å²) in [4.78, 5) is 25.1. The van der Waals surface area contributed by atoms with Gasteiger partial charge in [-0.2, -0.15) is 0 Å². The van der Waals surface area contributed by atoms with Crippen LogP contribution in [0.4, 0.5) is 0 Å². The minimum Gasteiger partial charge on any atom is -0.469 e. The molecule has 5 heteroatoms. The third-order valence-corrected chi connectivity index (χ3v) is 5.03. The van der Waals surface area contributed by atoms with Gasteiger partial charge in [-0.15, -0.1) is 0 Å². The Morgan fingerprint density at radius 3 is 2.87 bits per heavy atom. The van der Waals surface area contributed by atoms with Crippen molar-refractivity contribution in [3.05, 3.63) is 47.5 Å². The SMILES string of the molecule is CCOC(=O)C1=CC=C(C)[C@]2(Cc3ccco3)C(=O)CC[C@]12O. The van der Waals surface area contributed by atoms with Gasteiger partial charge in [0.1, 0.15) is 17.1 Å². The first-order valence-electron chi connectivity index (χ1n) is 7.80. The van der Waals surface area contributed by atoms with Gasteiger partial charge in [0.25, 0.3) is 0 Å². The van der Waals surface area contributed by atoms with Crippen molar-refractivity contribution in [1.82, 2.24) is 0 Å². The van der Waals surface area contributed by atoms with Gasteiger partial charge < -0.3 is 14.3 Å². The first-order valence-corrected chi connectivity index (χ1v) is 7.80. The van der Waals surface area contributed by atoms with Crippen LogP contribution in [0.3, 0.4) is 0 Å². The molecule has 0 saturated heterocycles. The molecule has 5 nitrogen and oxygen atoms in total. The minimum absolute atomic E-state index is 0.0694. The molecule has 0 unspecified atom stereocenters. The van der Waals surface area contributed by atoms with Gasteiger partial charge in [0, 0.05) is 12.8 Å². The van der Waals surface area contributed by atoms with Gasteiger partial charge in [0.15, 0.2) is 0 Å². The van der Waals surface area contributed by atoms with E-state index in [9.17, 15) is 14.7 Å². The van der Waals surface area contributed by atoms with Crippen LogP contribution in [0.15, 0.2) is 46.1 Å². The molecule has 0 radical (unpaired) electrons. The number of hydrogen-bond acceptors (Lipinski definition) is 5. The smallest absolute Gasteiger partial charge is 0.336 e. The van der Waals surface area contributed by atoms with E-state index in [1.54, 1.807) is 31.2 Å². The largest absolute Gasteiger partial charge is 0.469 e. The van der Waals surface area contributed by atoms with E-state index in [1.165, 1.54) is 6.26 Å². The fourth-order valence-electron chi connectivity index (χ4n) is 3.86. The molecule has 1 saturated carbocycles. The molecule has 3 rings (SSSR count). The van der Waals surface area contributed by atoms with Crippen LogP contribution in [0.2, 0.25) is 0 Å². The number of carbonyl (C=O) groups is 2. The molecule has 1 aromatic heterocycles. The first kappa shape index (κ1) is 15.7. The summed E-state index contributed by atoms with van der Waals surface area (Å²) in [5.41, 5.74) is -1.82. The number of rotatable bonds is 4. The highest BCUT2D eigenvalue weighted by atomic mass is 16.5. The zero-order valence-corrected chi connectivity index (χ0v) is 13.3. The van der Waals surface area contributed by atoms with Crippen molar-refractivity contribution in [1.29, 1.82) is 0 Å². The van der Waals surface area contributed by atoms with Crippen LogP contribution >= 0.6 is 0 Å². The number of ketones is 1. The Kier molecular flexibility index (Phi) is 3.76. The molecule has 0 aromatic carbocycles. The highest BCUT2D eigenvalue weighted by molar-refractivity contribution is 6.00. The highest BCUT2D eigenvalue weighted by Crippen LogP contribution is 2.56. The third kappa shape index (κ3) is 2.10. The molecule has 1 N–H and O–H groups in total. The standard InChI is InChI=1S/C18H20O5/c1-3-22-16(20)14-7-6-12(2)17(11-13-5-4-10-23-13)15(19)8-9-18(14,17)21/h4-7,10,21H,3,8-9,11H2,1-2H3/t17-,18+/m1/s1. The van der Waals surface area contributed by atoms with Crippen LogP contribution in [0.25, 0.3) is 0 Å². The fraction of sp³-hybridized carbons (Fsp3) is 0.444. The van der Waals surface area contributed by atoms with E-state index in [0.29, 0.717) is 5.76 Å². The zero-order chi connectivity index (χ0) is 16.7. The maximum atomic E-state index is 12.8. The van der Waals surface area contributed by atoms with Crippen LogP contribution < -0.4 is 0 Å². The average Bonchev–Trinajstić information content (AvgIpc) is 3.10. The summed E-state index contributed by atoms with van der Waals surface area (Å²) in [6.07, 6.45) is 5.50. The van der Waals surface area contributed by atoms with Crippen molar-refractivity contribution in [2.24, 2.45) is 5.41 Å². The van der Waals surface area contributed by atoms with Crippen molar-refractivity contribution in [3.63, 3.8) is 0 Å². The van der Waals surface area contributed by atoms with E-state index in [0.717, 1.165) is 5.57 Å². The lowest BCUT2D eigenvalue weighted by Gasteiger charge is -2.44. The molecule has 0 amide bonds. The van der Waals surface area contributed by atoms with E-state index in [4.69, 9.17) is 9.15 Å². The Hall–Kier alpha value is -2.14. The number of Topliss-reactive ketones (excluding diaryl/α,β-unsaturated/α-hetero) is 1. The van der Waals surface area contributed by atoms with Gasteiger partial charge in [0.05, 0.1) is 23.9 Å². The maximum Gasteiger partial charge on any atom is 0.336 e. The second-order valence-electron chi connectivity index (χ2n) is 6.10. The lowest BCUT2D eigenvalue weighted by Crippen LogP contribution is -2.54. The fourth-order valence-corrected chi connectivity index (χ4v) is 3.86. The molecule has 122 valence electrons. The summed E-state index contributed by atoms with van der Waals surface area (Å²) in [5, 5.41) is 11.4. The summed E-state index contributed by atoms with van der Waals surface area (Å²) in [6.45, 7) is 3.74. The van der Waals surface area contributed by atoms with Crippen LogP contribution in [-0.4, -0.2) is 29.1 Å². The quantitative estimate of drug-likeness (QED) is 0.863. The summed E-state index contributed by atoms with van der Waals surface area (Å²) in [6, 6.07) is 3.52. The lowest BCUT2D eigenvalue weighted by molar-refractivity contribution is -0.144. The average molecular weight is 316 g/mol. The van der Waals surface area contributed by atoms with E-state index >= 15 is 0 Å². The number of hydrogen-bond donors (Lipinski definition) is 1. The molecular formula is C18H20O5. The molecule has 0 spiro atoms. The molecule has 2 atom stereocenters. The van der Waals surface area contributed by atoms with Crippen molar-refractivity contribution in [3.8, 4) is 0 Å². The third-order valence-electron chi connectivity index (χ3n) is 5.03. The van der Waals surface area contributed by atoms with Gasteiger partial charge in [-0.1, -0.05) is 11.6 Å². The van der Waals surface area contributed by atoms with Gasteiger partial charge >= 0.3 is 5.97 Å². The Morgan fingerprint density at radius 2 is 2.22 bits per heavy atom. The van der Waals surface area contributed by atoms with Crippen LogP contribution in [0, 0.1) is 5.41 Å². The Labute approximate surface area is 134 Å². The molecule has 0 bridgehead atoms. The van der Waals surface area contributed by atoms with E-state index in [1.807, 2.05) is 6.92 Å². The Bertz CT molecular complexity index is 697. The number of carbonyl (C=O) groups excluding carboxylic acids is 2. The normalized spacial score (nSPS) is 29.8. The van der Waals surface area contributed by atoms with Gasteiger partial charge in [-0.25, -0.2) is 4.79 Å². The predicted octanol–water partition coefficient (Wildman–Crippen LogP) is 2.35. The van der Waals surface area contributed by atoms with Crippen molar-refractivity contribution < 1.29 is 23.8 Å². The first-order chi connectivity index (χ1) is 11.0. The second kappa shape index (κ2) is 5.49. The number of aliphatic hydroxyl groups is 1. The van der Waals surface area contributed by atoms with E-state index in [2.05, 4.69) is 0 Å². The molecule has 2 aliphatic carbocycles. The number of furan rings is 1. The van der Waals surface area contributed by atoms with Crippen molar-refractivity contribution in [2.45, 2.75) is 38.7 Å². The monoisotopic (exact) mass is 316 g/mol. The zero-order valence-electron chi connectivity index (χ0n) is 13.3. The predicted molar refractivity (Wildman–Crippen MR) is 82.5 cm³/mol. The molecule has 0 aliphatic heterocycles. The molecule has 2 aliphatic rings. The van der Waals surface area contributed by atoms with Crippen LogP contribution in [0.5, 0.6) is 0 Å². The molecular weight excluding hydrogens is 296 g/mol. The number of ether oxygens (including phenoxy) is 1. The molecule has 1 fully saturated rings. The van der Waals surface area contributed by atoms with E-state index < -0.39 is 17.0 Å². The van der Waals surface area contributed by atoms with Gasteiger partial charge in [0.2, 0.25) is 0 Å². The highest BCUT2D eigenvalue weighted by Gasteiger charge is 2.64. The Morgan fingerprint density at radius 1 is 1.43 bits per heavy atom. The maximum absolute atomic E-state index is 12.8. The summed E-state index contributed by atoms with van der Waals surface area (Å²) < 4.78 is 10.5. The summed E-state index contributed by atoms with van der Waals surface area (Å²) in [7, 11) is 0. The number of fused-ring (bicyclic) bond motifs is 1. The van der Waals surface area contributed by atoms with E-state index in [-0.39, 0.29) is 37.2 Å². The molecule has 23 heavy (non-hydrogen) atoms. The lowest BCUT2D eigenvalue weighted by atomic mass is 9.61. The summed E-state index contributed by atoms with van der Waals surface area (Å²) in [5.74, 6) is -0.0335. The van der Waals surface area contributed by atoms with Gasteiger partial charge in [-0.3, -0.25) is 4.79 Å². The van der Waals surface area contributed by atoms with Crippen LogP contribution in [0.1, 0.15) is 32.4 Å².